The molecule has 1 aliphatic rings. The monoisotopic (exact) mass is 473 g/mol. The molecule has 1 unspecified atom stereocenters. The molecule has 2 aromatic rings. The summed E-state index contributed by atoms with van der Waals surface area (Å²) in [5, 5.41) is 11.8. The number of nitrogens with zero attached hydrogens (tertiary/aromatic N) is 4. The van der Waals surface area contributed by atoms with Crippen LogP contribution in [0, 0.1) is 16.7 Å². The van der Waals surface area contributed by atoms with Gasteiger partial charge in [-0.1, -0.05) is 32.9 Å². The molecule has 7 nitrogen and oxygen atoms in total. The second-order valence-electron chi connectivity index (χ2n) is 9.15. The number of carbonyl (C=O) groups excluding carboxylic acids is 2. The molecular weight excluding hydrogens is 447 g/mol. The van der Waals surface area contributed by atoms with Gasteiger partial charge in [0.05, 0.1) is 23.2 Å². The molecule has 10 heteroatoms. The van der Waals surface area contributed by atoms with Crippen molar-refractivity contribution in [1.29, 1.82) is 5.26 Å². The predicted molar refractivity (Wildman–Crippen MR) is 120 cm³/mol. The van der Waals surface area contributed by atoms with Gasteiger partial charge in [-0.2, -0.15) is 18.4 Å². The van der Waals surface area contributed by atoms with Crippen LogP contribution in [0.4, 0.5) is 23.8 Å². The highest BCUT2D eigenvalue weighted by Crippen LogP contribution is 2.35. The lowest BCUT2D eigenvalue weighted by atomic mass is 9.82. The molecule has 1 aromatic heterocycles. The number of rotatable bonds is 4. The molecule has 1 saturated heterocycles. The van der Waals surface area contributed by atoms with Crippen molar-refractivity contribution in [1.82, 2.24) is 15.2 Å². The van der Waals surface area contributed by atoms with Gasteiger partial charge in [-0.05, 0) is 29.7 Å². The topological polar surface area (TPSA) is 89.3 Å². The number of urea groups is 1. The van der Waals surface area contributed by atoms with Crippen LogP contribution in [0.3, 0.4) is 0 Å². The van der Waals surface area contributed by atoms with Crippen LogP contribution >= 0.6 is 0 Å². The number of benzene rings is 1. The average Bonchev–Trinajstić information content (AvgIpc) is 2.81. The normalized spacial score (nSPS) is 15.4. The molecule has 3 rings (SSSR count). The number of aromatic nitrogens is 1. The molecule has 180 valence electrons. The lowest BCUT2D eigenvalue weighted by Crippen LogP contribution is -2.57. The summed E-state index contributed by atoms with van der Waals surface area (Å²) in [5.41, 5.74) is -0.613. The van der Waals surface area contributed by atoms with Gasteiger partial charge in [0.25, 0.3) is 0 Å². The molecule has 2 heterocycles. The minimum Gasteiger partial charge on any atom is -0.353 e. The van der Waals surface area contributed by atoms with E-state index in [1.165, 1.54) is 22.1 Å². The maximum absolute atomic E-state index is 13.3. The van der Waals surface area contributed by atoms with E-state index in [0.717, 1.165) is 6.07 Å². The van der Waals surface area contributed by atoms with Gasteiger partial charge in [0, 0.05) is 37.9 Å². The second-order valence-corrected chi connectivity index (χ2v) is 9.15. The zero-order valence-corrected chi connectivity index (χ0v) is 19.2. The Balaban J connectivity index is 1.69. The highest BCUT2D eigenvalue weighted by molar-refractivity contribution is 6.02. The number of nitrogens with one attached hydrogen (secondary N) is 1. The summed E-state index contributed by atoms with van der Waals surface area (Å²) in [4.78, 5) is 33.0. The zero-order valence-electron chi connectivity index (χ0n) is 19.2. The Morgan fingerprint density at radius 3 is 2.21 bits per heavy atom. The van der Waals surface area contributed by atoms with E-state index in [0.29, 0.717) is 11.1 Å². The summed E-state index contributed by atoms with van der Waals surface area (Å²) in [6.07, 6.45) is -3.21. The average molecular weight is 473 g/mol. The van der Waals surface area contributed by atoms with E-state index in [2.05, 4.69) is 10.3 Å². The number of amides is 2. The largest absolute Gasteiger partial charge is 0.419 e. The Hall–Kier alpha value is -3.61. The molecule has 1 aliphatic heterocycles. The van der Waals surface area contributed by atoms with Crippen molar-refractivity contribution >= 4 is 17.6 Å². The van der Waals surface area contributed by atoms with Crippen LogP contribution in [-0.4, -0.2) is 53.9 Å². The molecule has 0 aliphatic carbocycles. The number of hydrogen-bond acceptors (Lipinski definition) is 5. The molecule has 1 aromatic carbocycles. The zero-order chi connectivity index (χ0) is 25.1. The number of anilines is 1. The van der Waals surface area contributed by atoms with E-state index < -0.39 is 29.2 Å². The van der Waals surface area contributed by atoms with Crippen LogP contribution in [-0.2, 0) is 6.18 Å². The Kier molecular flexibility index (Phi) is 7.15. The first-order chi connectivity index (χ1) is 15.9. The molecule has 0 saturated carbocycles. The van der Waals surface area contributed by atoms with Gasteiger partial charge in [0.2, 0.25) is 0 Å². The summed E-state index contributed by atoms with van der Waals surface area (Å²) in [5.74, 6) is -0.439. The van der Waals surface area contributed by atoms with Gasteiger partial charge in [0.1, 0.15) is 5.82 Å². The smallest absolute Gasteiger partial charge is 0.353 e. The molecule has 34 heavy (non-hydrogen) atoms. The third-order valence-electron chi connectivity index (χ3n) is 5.65. The van der Waals surface area contributed by atoms with Gasteiger partial charge >= 0.3 is 12.2 Å². The number of nitriles is 1. The van der Waals surface area contributed by atoms with Crippen LogP contribution in [0.1, 0.15) is 42.3 Å². The van der Waals surface area contributed by atoms with Crippen molar-refractivity contribution in [2.45, 2.75) is 33.0 Å². The number of hydrogen-bond donors (Lipinski definition) is 1. The van der Waals surface area contributed by atoms with E-state index in [1.54, 1.807) is 24.3 Å². The fourth-order valence-electron chi connectivity index (χ4n) is 3.76. The van der Waals surface area contributed by atoms with Gasteiger partial charge in [-0.15, -0.1) is 0 Å². The van der Waals surface area contributed by atoms with Crippen LogP contribution in [0.5, 0.6) is 0 Å². The summed E-state index contributed by atoms with van der Waals surface area (Å²) in [6.45, 7) is 6.21. The third-order valence-corrected chi connectivity index (χ3v) is 5.65. The Morgan fingerprint density at radius 2 is 1.68 bits per heavy atom. The van der Waals surface area contributed by atoms with Gasteiger partial charge < -0.3 is 15.1 Å². The SMILES string of the molecule is CC(C)(C)C(NC(=O)N1CCN(c2ncccc2C(F)(F)F)CC1)C(=O)c1ccc(C#N)cc1. The number of halogens is 3. The Morgan fingerprint density at radius 1 is 1.06 bits per heavy atom. The van der Waals surface area contributed by atoms with Crippen molar-refractivity contribution in [2.24, 2.45) is 5.41 Å². The van der Waals surface area contributed by atoms with E-state index in [9.17, 15) is 22.8 Å². The van der Waals surface area contributed by atoms with E-state index >= 15 is 0 Å². The quantitative estimate of drug-likeness (QED) is 0.676. The van der Waals surface area contributed by atoms with Crippen molar-refractivity contribution in [3.05, 3.63) is 59.3 Å². The number of pyridine rings is 1. The van der Waals surface area contributed by atoms with Gasteiger partial charge in [-0.25, -0.2) is 9.78 Å². The fourth-order valence-corrected chi connectivity index (χ4v) is 3.76. The highest BCUT2D eigenvalue weighted by Gasteiger charge is 2.38. The standard InChI is InChI=1S/C24H26F3N5O2/c1-23(2,3)20(19(33)17-8-6-16(15-28)7-9-17)30-22(34)32-13-11-31(12-14-32)21-18(24(25,26)27)5-4-10-29-21/h4-10,20H,11-14H2,1-3H3,(H,30,34). The fraction of sp³-hybridized carbons (Fsp3) is 0.417. The maximum atomic E-state index is 13.3. The first-order valence-corrected chi connectivity index (χ1v) is 10.8. The summed E-state index contributed by atoms with van der Waals surface area (Å²) in [7, 11) is 0. The summed E-state index contributed by atoms with van der Waals surface area (Å²) in [6, 6.07) is 9.12. The molecule has 0 bridgehead atoms. The summed E-state index contributed by atoms with van der Waals surface area (Å²) >= 11 is 0. The predicted octanol–water partition coefficient (Wildman–Crippen LogP) is 4.10. The van der Waals surface area contributed by atoms with Crippen molar-refractivity contribution in [3.63, 3.8) is 0 Å². The number of alkyl halides is 3. The minimum absolute atomic E-state index is 0.154. The van der Waals surface area contributed by atoms with Crippen molar-refractivity contribution < 1.29 is 22.8 Å². The van der Waals surface area contributed by atoms with E-state index in [1.807, 2.05) is 26.8 Å². The lowest BCUT2D eigenvalue weighted by Gasteiger charge is -2.38. The van der Waals surface area contributed by atoms with Crippen LogP contribution in [0.2, 0.25) is 0 Å². The van der Waals surface area contributed by atoms with Gasteiger partial charge in [0.15, 0.2) is 5.78 Å². The number of carbonyl (C=O) groups is 2. The molecule has 1 N–H and O–H groups in total. The third kappa shape index (κ3) is 5.65. The maximum Gasteiger partial charge on any atom is 0.419 e. The highest BCUT2D eigenvalue weighted by atomic mass is 19.4. The van der Waals surface area contributed by atoms with Crippen LogP contribution in [0.15, 0.2) is 42.6 Å². The summed E-state index contributed by atoms with van der Waals surface area (Å²) < 4.78 is 40.0. The van der Waals surface area contributed by atoms with Crippen molar-refractivity contribution in [3.8, 4) is 6.07 Å². The number of Topliss-reactive ketones (excluding diaryl/α,β-unsaturated/α-hetero) is 1. The Labute approximate surface area is 196 Å². The first kappa shape index (κ1) is 25.0. The number of piperazine rings is 1. The van der Waals surface area contributed by atoms with Gasteiger partial charge in [-0.3, -0.25) is 4.79 Å². The Bertz CT molecular complexity index is 1080. The van der Waals surface area contributed by atoms with Crippen molar-refractivity contribution in [2.75, 3.05) is 31.1 Å². The van der Waals surface area contributed by atoms with E-state index in [4.69, 9.17) is 5.26 Å². The molecule has 1 fully saturated rings. The molecule has 2 amide bonds. The van der Waals surface area contributed by atoms with Crippen LogP contribution in [0.25, 0.3) is 0 Å². The minimum atomic E-state index is -4.52. The lowest BCUT2D eigenvalue weighted by molar-refractivity contribution is -0.137. The van der Waals surface area contributed by atoms with Crippen LogP contribution < -0.4 is 10.2 Å². The second kappa shape index (κ2) is 9.71. The first-order valence-electron chi connectivity index (χ1n) is 10.8. The van der Waals surface area contributed by atoms with E-state index in [-0.39, 0.29) is 37.8 Å². The number of ketones is 1. The molecule has 1 atom stereocenters. The molecule has 0 radical (unpaired) electrons. The molecular formula is C24H26F3N5O2. The molecule has 0 spiro atoms.